The predicted octanol–water partition coefficient (Wildman–Crippen LogP) is 23.1. The van der Waals surface area contributed by atoms with Crippen LogP contribution in [0, 0.1) is 0 Å². The molecule has 0 radical (unpaired) electrons. The number of aromatic nitrogens is 2. The lowest BCUT2D eigenvalue weighted by molar-refractivity contribution is 0.631. The Labute approximate surface area is 506 Å². The molecule has 412 valence electrons. The molecular formula is C82H52N4O2. The Morgan fingerprint density at radius 2 is 0.580 bits per heavy atom. The molecule has 0 aliphatic heterocycles. The van der Waals surface area contributed by atoms with Crippen LogP contribution in [0.4, 0.5) is 34.1 Å². The maximum Gasteiger partial charge on any atom is 0.135 e. The third-order valence-electron chi connectivity index (χ3n) is 17.8. The number of para-hydroxylation sites is 6. The minimum absolute atomic E-state index is 0.866. The van der Waals surface area contributed by atoms with Crippen LogP contribution in [-0.2, 0) is 0 Å². The highest BCUT2D eigenvalue weighted by atomic mass is 16.3. The summed E-state index contributed by atoms with van der Waals surface area (Å²) in [6.07, 6.45) is 0. The molecule has 4 aromatic heterocycles. The fourth-order valence-corrected chi connectivity index (χ4v) is 13.8. The van der Waals surface area contributed by atoms with Crippen molar-refractivity contribution in [3.63, 3.8) is 0 Å². The van der Waals surface area contributed by atoms with Crippen LogP contribution in [0.1, 0.15) is 0 Å². The summed E-state index contributed by atoms with van der Waals surface area (Å²) in [5, 5.41) is 14.0. The third kappa shape index (κ3) is 8.04. The van der Waals surface area contributed by atoms with Crippen LogP contribution in [0.25, 0.3) is 132 Å². The topological polar surface area (TPSA) is 42.6 Å². The van der Waals surface area contributed by atoms with E-state index in [-0.39, 0.29) is 0 Å². The SMILES string of the molecule is c1ccc(N(c2ccc3cc(-c4cc5ccccc5o4)ccc3c2)c2ccc3c4c5ccc6c(c5ccc4n(-c4ccccc4)c3c2)c2ccc(N(c3ccccc3)c3ccc4cc(-c5cc7ccccc7o5)ccc4c3)cc2n6-c2ccccc2)cc1. The van der Waals surface area contributed by atoms with Gasteiger partial charge in [-0.15, -0.1) is 0 Å². The van der Waals surface area contributed by atoms with E-state index in [0.717, 1.165) is 134 Å². The van der Waals surface area contributed by atoms with Gasteiger partial charge < -0.3 is 27.8 Å². The highest BCUT2D eigenvalue weighted by Crippen LogP contribution is 2.47. The number of hydrogen-bond donors (Lipinski definition) is 0. The Morgan fingerprint density at radius 1 is 0.227 bits per heavy atom. The highest BCUT2D eigenvalue weighted by molar-refractivity contribution is 6.30. The standard InChI is InChI=1S/C82H52N4O2/c1-5-19-61(20-6-1)83(65-35-33-53-45-59(31-29-55(53)47-65)79-49-57-17-13-15-27-77(57)87-79)67-37-39-71-75(51-67)85(63-23-9-3-10-24-63)73-43-41-70-69(81(71)73)42-44-74-82(70)72-40-38-68(52-76(72)86(74)64-25-11-4-12-26-64)84(62-21-7-2-8-22-62)66-36-34-54-46-60(32-30-56(54)48-66)80-50-58-18-14-16-28-78(58)88-80/h1-52H. The summed E-state index contributed by atoms with van der Waals surface area (Å²) in [7, 11) is 0. The van der Waals surface area contributed by atoms with E-state index in [4.69, 9.17) is 8.83 Å². The normalized spacial score (nSPS) is 11.9. The summed E-state index contributed by atoms with van der Waals surface area (Å²) in [6, 6.07) is 114. The first kappa shape index (κ1) is 49.6. The number of anilines is 6. The fourth-order valence-electron chi connectivity index (χ4n) is 13.8. The van der Waals surface area contributed by atoms with Crippen LogP contribution in [0.5, 0.6) is 0 Å². The first-order chi connectivity index (χ1) is 43.6. The molecule has 88 heavy (non-hydrogen) atoms. The number of furan rings is 2. The van der Waals surface area contributed by atoms with Crippen LogP contribution in [0.3, 0.4) is 0 Å². The summed E-state index contributed by atoms with van der Waals surface area (Å²) in [6.45, 7) is 0. The van der Waals surface area contributed by atoms with Crippen molar-refractivity contribution in [2.75, 3.05) is 9.80 Å². The van der Waals surface area contributed by atoms with Crippen molar-refractivity contribution in [1.29, 1.82) is 0 Å². The number of benzene rings is 14. The molecular weight excluding hydrogens is 1070 g/mol. The van der Waals surface area contributed by atoms with E-state index in [0.29, 0.717) is 0 Å². The molecule has 0 fully saturated rings. The van der Waals surface area contributed by atoms with Crippen LogP contribution in [0.2, 0.25) is 0 Å². The lowest BCUT2D eigenvalue weighted by Gasteiger charge is -2.26. The van der Waals surface area contributed by atoms with Crippen molar-refractivity contribution in [1.82, 2.24) is 9.13 Å². The van der Waals surface area contributed by atoms with Gasteiger partial charge in [0.1, 0.15) is 22.7 Å². The Hall–Kier alpha value is -11.9. The van der Waals surface area contributed by atoms with Crippen molar-refractivity contribution in [3.05, 3.63) is 315 Å². The lowest BCUT2D eigenvalue weighted by Crippen LogP contribution is -2.10. The van der Waals surface area contributed by atoms with Gasteiger partial charge >= 0.3 is 0 Å². The molecule has 0 amide bonds. The Morgan fingerprint density at radius 3 is 1.01 bits per heavy atom. The lowest BCUT2D eigenvalue weighted by atomic mass is 9.99. The summed E-state index contributed by atoms with van der Waals surface area (Å²) in [5.41, 5.74) is 17.1. The van der Waals surface area contributed by atoms with Gasteiger partial charge in [0.05, 0.1) is 22.1 Å². The molecule has 0 saturated carbocycles. The molecule has 0 spiro atoms. The Balaban J connectivity index is 0.794. The summed E-state index contributed by atoms with van der Waals surface area (Å²) in [4.78, 5) is 4.76. The molecule has 0 saturated heterocycles. The smallest absolute Gasteiger partial charge is 0.135 e. The molecule has 0 aliphatic rings. The van der Waals surface area contributed by atoms with Crippen molar-refractivity contribution in [2.45, 2.75) is 0 Å². The van der Waals surface area contributed by atoms with Gasteiger partial charge in [-0.3, -0.25) is 0 Å². The highest BCUT2D eigenvalue weighted by Gasteiger charge is 2.24. The van der Waals surface area contributed by atoms with Gasteiger partial charge in [0.25, 0.3) is 0 Å². The zero-order valence-electron chi connectivity index (χ0n) is 47.6. The van der Waals surface area contributed by atoms with Gasteiger partial charge in [-0.05, 0) is 178 Å². The number of fused-ring (bicyclic) bond motifs is 13. The maximum atomic E-state index is 6.30. The van der Waals surface area contributed by atoms with Crippen molar-refractivity contribution < 1.29 is 8.83 Å². The minimum Gasteiger partial charge on any atom is -0.456 e. The number of nitrogens with zero attached hydrogens (tertiary/aromatic N) is 4. The van der Waals surface area contributed by atoms with Crippen molar-refractivity contribution >= 4 is 132 Å². The Bertz CT molecular complexity index is 5340. The molecule has 0 unspecified atom stereocenters. The van der Waals surface area contributed by atoms with Crippen molar-refractivity contribution in [3.8, 4) is 34.0 Å². The van der Waals surface area contributed by atoms with E-state index < -0.39 is 0 Å². The van der Waals surface area contributed by atoms with Crippen LogP contribution in [0.15, 0.2) is 324 Å². The first-order valence-electron chi connectivity index (χ1n) is 30.0. The van der Waals surface area contributed by atoms with Gasteiger partial charge in [-0.2, -0.15) is 0 Å². The van der Waals surface area contributed by atoms with Gasteiger partial charge in [-0.25, -0.2) is 0 Å². The summed E-state index contributed by atoms with van der Waals surface area (Å²) >= 11 is 0. The van der Waals surface area contributed by atoms with Gasteiger partial charge in [0.2, 0.25) is 0 Å². The molecule has 18 aromatic rings. The second-order valence-electron chi connectivity index (χ2n) is 22.9. The first-order valence-corrected chi connectivity index (χ1v) is 30.0. The minimum atomic E-state index is 0.866. The molecule has 6 heteroatoms. The summed E-state index contributed by atoms with van der Waals surface area (Å²) in [5.74, 6) is 1.73. The average Bonchev–Trinajstić information content (AvgIpc) is 1.78. The monoisotopic (exact) mass is 1120 g/mol. The zero-order chi connectivity index (χ0) is 57.8. The molecule has 0 aliphatic carbocycles. The largest absolute Gasteiger partial charge is 0.456 e. The van der Waals surface area contributed by atoms with E-state index in [1.165, 1.54) is 32.3 Å². The average molecular weight is 1130 g/mol. The van der Waals surface area contributed by atoms with E-state index >= 15 is 0 Å². The maximum absolute atomic E-state index is 6.30. The molecule has 18 rings (SSSR count). The van der Waals surface area contributed by atoms with Crippen LogP contribution >= 0.6 is 0 Å². The van der Waals surface area contributed by atoms with E-state index in [2.05, 4.69) is 310 Å². The van der Waals surface area contributed by atoms with Gasteiger partial charge in [-0.1, -0.05) is 170 Å². The predicted molar refractivity (Wildman–Crippen MR) is 367 cm³/mol. The van der Waals surface area contributed by atoms with E-state index in [9.17, 15) is 0 Å². The molecule has 0 atom stereocenters. The third-order valence-corrected chi connectivity index (χ3v) is 17.8. The van der Waals surface area contributed by atoms with Gasteiger partial charge in [0.15, 0.2) is 0 Å². The van der Waals surface area contributed by atoms with Crippen LogP contribution < -0.4 is 9.80 Å². The van der Waals surface area contributed by atoms with Crippen LogP contribution in [-0.4, -0.2) is 9.13 Å². The summed E-state index contributed by atoms with van der Waals surface area (Å²) < 4.78 is 17.5. The van der Waals surface area contributed by atoms with Crippen molar-refractivity contribution in [2.24, 2.45) is 0 Å². The van der Waals surface area contributed by atoms with E-state index in [1.807, 2.05) is 24.3 Å². The van der Waals surface area contributed by atoms with E-state index in [1.54, 1.807) is 0 Å². The molecule has 0 N–H and O–H groups in total. The molecule has 0 bridgehead atoms. The number of rotatable bonds is 10. The molecule has 14 aromatic carbocycles. The Kier molecular flexibility index (Phi) is 11.2. The second kappa shape index (κ2) is 19.9. The second-order valence-corrected chi connectivity index (χ2v) is 22.9. The quantitative estimate of drug-likeness (QED) is 0.137. The van der Waals surface area contributed by atoms with Gasteiger partial charge in [0, 0.05) is 88.9 Å². The fraction of sp³-hybridized carbons (Fsp3) is 0. The molecule has 4 heterocycles. The molecule has 6 nitrogen and oxygen atoms in total. The number of hydrogen-bond acceptors (Lipinski definition) is 4. The zero-order valence-corrected chi connectivity index (χ0v) is 47.6.